The van der Waals surface area contributed by atoms with E-state index < -0.39 is 17.5 Å². The number of aliphatic hydroxyl groups is 1. The van der Waals surface area contributed by atoms with Gasteiger partial charge in [0.25, 0.3) is 5.56 Å². The number of ether oxygens (including phenoxy) is 1. The maximum Gasteiger partial charge on any atom is 0.257 e. The molecule has 0 saturated carbocycles. The summed E-state index contributed by atoms with van der Waals surface area (Å²) in [5, 5.41) is 12.4. The number of aldehydes is 1. The van der Waals surface area contributed by atoms with Crippen LogP contribution >= 0.6 is 0 Å². The highest BCUT2D eigenvalue weighted by atomic mass is 19.1. The van der Waals surface area contributed by atoms with E-state index in [1.807, 2.05) is 6.07 Å². The van der Waals surface area contributed by atoms with Gasteiger partial charge in [-0.3, -0.25) is 4.79 Å². The average molecular weight is 545 g/mol. The zero-order chi connectivity index (χ0) is 28.7. The molecule has 0 radical (unpaired) electrons. The van der Waals surface area contributed by atoms with Gasteiger partial charge in [-0.1, -0.05) is 18.2 Å². The Balaban J connectivity index is 1.69. The SMILES string of the molecule is COCc1c(C(O)C=O)cc2n(c1=O)Cc1c-2nc2cc(F)c(C)cc2c1CN(N)/C=C(\N)c1ccccc1N. The van der Waals surface area contributed by atoms with E-state index in [1.54, 1.807) is 43.5 Å². The van der Waals surface area contributed by atoms with Crippen molar-refractivity contribution in [2.75, 3.05) is 12.8 Å². The van der Waals surface area contributed by atoms with Crippen molar-refractivity contribution >= 4 is 28.6 Å². The Morgan fingerprint density at radius 2 is 2.02 bits per heavy atom. The number of para-hydroxylation sites is 1. The molecule has 40 heavy (non-hydrogen) atoms. The summed E-state index contributed by atoms with van der Waals surface area (Å²) < 4.78 is 21.3. The number of aromatic nitrogens is 2. The lowest BCUT2D eigenvalue weighted by Gasteiger charge is -2.20. The fourth-order valence-electron chi connectivity index (χ4n) is 5.14. The molecule has 1 aliphatic heterocycles. The van der Waals surface area contributed by atoms with Crippen molar-refractivity contribution in [2.45, 2.75) is 32.7 Å². The number of fused-ring (bicyclic) bond motifs is 4. The molecule has 0 amide bonds. The van der Waals surface area contributed by atoms with Gasteiger partial charge >= 0.3 is 0 Å². The van der Waals surface area contributed by atoms with Crippen LogP contribution in [0.5, 0.6) is 0 Å². The number of hydrazine groups is 1. The van der Waals surface area contributed by atoms with Crippen LogP contribution in [0.1, 0.15) is 39.5 Å². The molecular formula is C29H29FN6O4. The molecule has 0 fully saturated rings. The topological polar surface area (TPSA) is 163 Å². The van der Waals surface area contributed by atoms with Crippen LogP contribution in [0, 0.1) is 12.7 Å². The third kappa shape index (κ3) is 4.60. The molecule has 0 bridgehead atoms. The average Bonchev–Trinajstić information content (AvgIpc) is 3.29. The molecule has 1 atom stereocenters. The van der Waals surface area contributed by atoms with E-state index in [4.69, 9.17) is 27.0 Å². The van der Waals surface area contributed by atoms with Gasteiger partial charge in [-0.05, 0) is 36.2 Å². The predicted octanol–water partition coefficient (Wildman–Crippen LogP) is 2.47. The van der Waals surface area contributed by atoms with Gasteiger partial charge in [0.2, 0.25) is 0 Å². The number of pyridine rings is 2. The number of anilines is 1. The van der Waals surface area contributed by atoms with Crippen molar-refractivity contribution < 1.29 is 19.0 Å². The second-order valence-electron chi connectivity index (χ2n) is 9.75. The molecule has 3 heterocycles. The quantitative estimate of drug-likeness (QED) is 0.0995. The number of hydrogen-bond donors (Lipinski definition) is 4. The smallest absolute Gasteiger partial charge is 0.257 e. The van der Waals surface area contributed by atoms with E-state index in [2.05, 4.69) is 0 Å². The lowest BCUT2D eigenvalue weighted by Crippen LogP contribution is -2.27. The lowest BCUT2D eigenvalue weighted by molar-refractivity contribution is -0.115. The summed E-state index contributed by atoms with van der Waals surface area (Å²) in [4.78, 5) is 29.7. The van der Waals surface area contributed by atoms with Crippen LogP contribution in [0.2, 0.25) is 0 Å². The van der Waals surface area contributed by atoms with Crippen LogP contribution in [-0.2, 0) is 29.2 Å². The first-order valence-corrected chi connectivity index (χ1v) is 12.5. The zero-order valence-corrected chi connectivity index (χ0v) is 22.0. The second kappa shape index (κ2) is 10.5. The van der Waals surface area contributed by atoms with Crippen molar-refractivity contribution in [1.82, 2.24) is 14.6 Å². The summed E-state index contributed by atoms with van der Waals surface area (Å²) in [6.45, 7) is 1.87. The van der Waals surface area contributed by atoms with Crippen LogP contribution in [0.3, 0.4) is 0 Å². The molecule has 4 aromatic rings. The molecule has 0 saturated heterocycles. The van der Waals surface area contributed by atoms with Gasteiger partial charge in [0.15, 0.2) is 6.29 Å². The first kappa shape index (κ1) is 27.0. The Kier molecular flexibility index (Phi) is 7.11. The number of hydrogen-bond acceptors (Lipinski definition) is 9. The van der Waals surface area contributed by atoms with Crippen LogP contribution < -0.4 is 22.9 Å². The Hall–Kier alpha value is -4.58. The van der Waals surface area contributed by atoms with E-state index in [0.29, 0.717) is 56.7 Å². The number of rotatable bonds is 8. The molecule has 5 rings (SSSR count). The van der Waals surface area contributed by atoms with Crippen molar-refractivity contribution in [3.8, 4) is 11.4 Å². The van der Waals surface area contributed by atoms with Gasteiger partial charge in [-0.15, -0.1) is 0 Å². The van der Waals surface area contributed by atoms with Crippen molar-refractivity contribution in [3.63, 3.8) is 0 Å². The van der Waals surface area contributed by atoms with E-state index in [0.717, 1.165) is 5.56 Å². The maximum atomic E-state index is 14.7. The molecule has 2 aromatic heterocycles. The van der Waals surface area contributed by atoms with Crippen molar-refractivity contribution in [2.24, 2.45) is 11.6 Å². The number of aliphatic hydroxyl groups excluding tert-OH is 1. The Bertz CT molecular complexity index is 1750. The number of carbonyl (C=O) groups is 1. The Morgan fingerprint density at radius 1 is 1.27 bits per heavy atom. The van der Waals surface area contributed by atoms with E-state index >= 15 is 0 Å². The molecule has 2 aromatic carbocycles. The number of carbonyl (C=O) groups excluding carboxylic acids is 1. The predicted molar refractivity (Wildman–Crippen MR) is 150 cm³/mol. The highest BCUT2D eigenvalue weighted by Crippen LogP contribution is 2.38. The number of nitrogens with two attached hydrogens (primary N) is 3. The largest absolute Gasteiger partial charge is 0.398 e. The number of aryl methyl sites for hydroxylation is 1. The van der Waals surface area contributed by atoms with Gasteiger partial charge in [0, 0.05) is 52.7 Å². The third-order valence-corrected chi connectivity index (χ3v) is 7.13. The number of benzene rings is 2. The second-order valence-corrected chi connectivity index (χ2v) is 9.75. The number of nitrogen functional groups attached to an aromatic ring is 1. The first-order valence-electron chi connectivity index (χ1n) is 12.5. The minimum absolute atomic E-state index is 0.0916. The van der Waals surface area contributed by atoms with Crippen molar-refractivity contribution in [3.05, 3.63) is 98.2 Å². The van der Waals surface area contributed by atoms with E-state index in [1.165, 1.54) is 22.8 Å². The van der Waals surface area contributed by atoms with E-state index in [9.17, 15) is 19.1 Å². The molecule has 206 valence electrons. The van der Waals surface area contributed by atoms with E-state index in [-0.39, 0.29) is 30.8 Å². The summed E-state index contributed by atoms with van der Waals surface area (Å²) >= 11 is 0. The summed E-state index contributed by atoms with van der Waals surface area (Å²) in [5.74, 6) is 5.98. The van der Waals surface area contributed by atoms with Crippen LogP contribution in [0.15, 0.2) is 53.5 Å². The molecular weight excluding hydrogens is 515 g/mol. The van der Waals surface area contributed by atoms with Gasteiger partial charge < -0.3 is 35.7 Å². The fourth-order valence-corrected chi connectivity index (χ4v) is 5.14. The highest BCUT2D eigenvalue weighted by Gasteiger charge is 2.30. The zero-order valence-electron chi connectivity index (χ0n) is 22.0. The highest BCUT2D eigenvalue weighted by molar-refractivity contribution is 5.89. The van der Waals surface area contributed by atoms with Crippen molar-refractivity contribution in [1.29, 1.82) is 0 Å². The minimum Gasteiger partial charge on any atom is -0.398 e. The molecule has 1 unspecified atom stereocenters. The summed E-state index contributed by atoms with van der Waals surface area (Å²) in [7, 11) is 1.42. The molecule has 10 nitrogen and oxygen atoms in total. The summed E-state index contributed by atoms with van der Waals surface area (Å²) in [6.07, 6.45) is 0.385. The van der Waals surface area contributed by atoms with Crippen LogP contribution in [0.4, 0.5) is 10.1 Å². The molecule has 0 spiro atoms. The Labute approximate surface area is 229 Å². The maximum absolute atomic E-state index is 14.7. The van der Waals surface area contributed by atoms with Gasteiger partial charge in [-0.2, -0.15) is 0 Å². The normalized spacial score (nSPS) is 13.3. The standard InChI is InChI=1S/C29H29FN6O4/c1-15-7-17-19(10-35(33)12-24(32)16-5-3-4-6-23(16)31)20-11-36-26(28(20)34-25(17)9-22(15)30)8-18(27(38)13-37)21(14-40-2)29(36)39/h3-9,12-13,27,38H,10-11,14,31-33H2,1-2H3/b24-12-. The molecule has 1 aliphatic rings. The number of halogens is 1. The molecule has 11 heteroatoms. The molecule has 7 N–H and O–H groups in total. The number of methoxy groups -OCH3 is 1. The van der Waals surface area contributed by atoms with Gasteiger partial charge in [0.1, 0.15) is 11.9 Å². The number of nitrogens with zero attached hydrogens (tertiary/aromatic N) is 3. The lowest BCUT2D eigenvalue weighted by atomic mass is 9.98. The third-order valence-electron chi connectivity index (χ3n) is 7.13. The molecule has 0 aliphatic carbocycles. The van der Waals surface area contributed by atoms with Crippen LogP contribution in [-0.4, -0.2) is 33.1 Å². The monoisotopic (exact) mass is 544 g/mol. The van der Waals surface area contributed by atoms with Gasteiger partial charge in [0.05, 0.1) is 42.3 Å². The Morgan fingerprint density at radius 3 is 2.73 bits per heavy atom. The summed E-state index contributed by atoms with van der Waals surface area (Å²) in [5.41, 5.74) is 16.8. The van der Waals surface area contributed by atoms with Gasteiger partial charge in [-0.25, -0.2) is 15.2 Å². The summed E-state index contributed by atoms with van der Waals surface area (Å²) in [6, 6.07) is 11.7. The fraction of sp³-hybridized carbons (Fsp3) is 0.207. The first-order chi connectivity index (χ1) is 19.1. The minimum atomic E-state index is -1.52. The van der Waals surface area contributed by atoms with Crippen LogP contribution in [0.25, 0.3) is 28.0 Å².